The molecular weight excluding hydrogens is 436 g/mol. The molecule has 0 aliphatic carbocycles. The molecule has 0 saturated carbocycles. The first-order valence-corrected chi connectivity index (χ1v) is 10.2. The van der Waals surface area contributed by atoms with E-state index in [1.807, 2.05) is 13.2 Å². The van der Waals surface area contributed by atoms with Gasteiger partial charge in [0.2, 0.25) is 0 Å². The number of carbonyl (C=O) groups is 1. The maximum absolute atomic E-state index is 9.97. The molecule has 0 fully saturated rings. The van der Waals surface area contributed by atoms with Gasteiger partial charge < -0.3 is 21.1 Å². The quantitative estimate of drug-likeness (QED) is 0.157. The van der Waals surface area contributed by atoms with Gasteiger partial charge in [-0.3, -0.25) is 19.2 Å². The number of benzene rings is 2. The van der Waals surface area contributed by atoms with Gasteiger partial charge in [-0.15, -0.1) is 0 Å². The van der Waals surface area contributed by atoms with Crippen molar-refractivity contribution in [3.05, 3.63) is 84.4 Å². The highest BCUT2D eigenvalue weighted by Crippen LogP contribution is 2.16. The minimum absolute atomic E-state index is 0.246. The predicted octanol–water partition coefficient (Wildman–Crippen LogP) is 3.08. The van der Waals surface area contributed by atoms with Crippen LogP contribution in [0.5, 0.6) is 11.5 Å². The number of nitrogens with two attached hydrogens (primary N) is 1. The summed E-state index contributed by atoms with van der Waals surface area (Å²) in [5.41, 5.74) is 8.35. The van der Waals surface area contributed by atoms with E-state index in [4.69, 9.17) is 21.1 Å². The van der Waals surface area contributed by atoms with E-state index < -0.39 is 0 Å². The molecule has 2 aromatic carbocycles. The second-order valence-corrected chi connectivity index (χ2v) is 6.69. The summed E-state index contributed by atoms with van der Waals surface area (Å²) in [5, 5.41) is 33.2. The van der Waals surface area contributed by atoms with E-state index in [1.54, 1.807) is 90.5 Å². The van der Waals surface area contributed by atoms with Crippen LogP contribution in [0, 0.1) is 0 Å². The SMILES string of the molecule is CCO.Cn1cc(C=Nc2ccc(O)cc2)cn1.Cn1cc(C=O)cn1.Nc1ccc(O)cc1. The number of aliphatic imine (C=N–C) groups is 1. The molecule has 0 atom stereocenters. The number of carbonyl (C=O) groups excluding carboxylic acids is 1. The van der Waals surface area contributed by atoms with Crippen LogP contribution in [0.4, 0.5) is 11.4 Å². The number of aromatic hydroxyl groups is 2. The number of anilines is 1. The van der Waals surface area contributed by atoms with Gasteiger partial charge in [-0.1, -0.05) is 0 Å². The number of phenolic OH excluding ortho intramolecular Hbond substituents is 2. The summed E-state index contributed by atoms with van der Waals surface area (Å²) in [7, 11) is 3.63. The minimum Gasteiger partial charge on any atom is -0.508 e. The number of aliphatic hydroxyl groups excluding tert-OH is 1. The monoisotopic (exact) mass is 466 g/mol. The van der Waals surface area contributed by atoms with Crippen molar-refractivity contribution >= 4 is 23.9 Å². The van der Waals surface area contributed by atoms with Crippen LogP contribution in [0.25, 0.3) is 0 Å². The van der Waals surface area contributed by atoms with Gasteiger partial charge in [-0.2, -0.15) is 10.2 Å². The molecule has 0 unspecified atom stereocenters. The Labute approximate surface area is 198 Å². The third-order valence-electron chi connectivity index (χ3n) is 3.69. The summed E-state index contributed by atoms with van der Waals surface area (Å²) in [6, 6.07) is 13.1. The van der Waals surface area contributed by atoms with Crippen molar-refractivity contribution < 1.29 is 20.1 Å². The topological polar surface area (TPSA) is 152 Å². The molecule has 180 valence electrons. The van der Waals surface area contributed by atoms with E-state index in [0.717, 1.165) is 17.5 Å². The van der Waals surface area contributed by atoms with Crippen molar-refractivity contribution in [3.63, 3.8) is 0 Å². The van der Waals surface area contributed by atoms with Crippen LogP contribution < -0.4 is 5.73 Å². The average molecular weight is 467 g/mol. The van der Waals surface area contributed by atoms with Gasteiger partial charge in [0.05, 0.1) is 23.6 Å². The lowest BCUT2D eigenvalue weighted by Gasteiger charge is -1.92. The van der Waals surface area contributed by atoms with Crippen LogP contribution in [0.2, 0.25) is 0 Å². The molecule has 5 N–H and O–H groups in total. The number of hydrogen-bond acceptors (Lipinski definition) is 8. The lowest BCUT2D eigenvalue weighted by Crippen LogP contribution is -1.84. The van der Waals surface area contributed by atoms with Crippen LogP contribution in [0.15, 0.2) is 78.3 Å². The smallest absolute Gasteiger partial charge is 0.153 e. The highest BCUT2D eigenvalue weighted by molar-refractivity contribution is 5.81. The van der Waals surface area contributed by atoms with Crippen LogP contribution in [-0.2, 0) is 14.1 Å². The molecule has 0 saturated heterocycles. The summed E-state index contributed by atoms with van der Waals surface area (Å²) in [6.45, 7) is 1.93. The molecule has 10 nitrogen and oxygen atoms in total. The molecule has 0 aliphatic heterocycles. The van der Waals surface area contributed by atoms with Gasteiger partial charge in [0.25, 0.3) is 0 Å². The van der Waals surface area contributed by atoms with E-state index in [-0.39, 0.29) is 18.1 Å². The highest BCUT2D eigenvalue weighted by Gasteiger charge is 1.92. The second-order valence-electron chi connectivity index (χ2n) is 6.69. The minimum atomic E-state index is 0.246. The molecule has 34 heavy (non-hydrogen) atoms. The fraction of sp³-hybridized carbons (Fsp3) is 0.167. The van der Waals surface area contributed by atoms with Crippen LogP contribution in [-0.4, -0.2) is 54.0 Å². The first-order chi connectivity index (χ1) is 16.3. The fourth-order valence-electron chi connectivity index (χ4n) is 2.17. The van der Waals surface area contributed by atoms with Crippen LogP contribution >= 0.6 is 0 Å². The number of aromatic nitrogens is 4. The van der Waals surface area contributed by atoms with Crippen molar-refractivity contribution in [3.8, 4) is 11.5 Å². The largest absolute Gasteiger partial charge is 0.508 e. The van der Waals surface area contributed by atoms with Crippen molar-refractivity contribution in [2.75, 3.05) is 12.3 Å². The van der Waals surface area contributed by atoms with Gasteiger partial charge in [0, 0.05) is 50.6 Å². The molecule has 0 bridgehead atoms. The number of aliphatic hydroxyl groups is 1. The Morgan fingerprint density at radius 3 is 1.68 bits per heavy atom. The fourth-order valence-corrected chi connectivity index (χ4v) is 2.17. The zero-order valence-electron chi connectivity index (χ0n) is 19.4. The number of rotatable bonds is 3. The van der Waals surface area contributed by atoms with Crippen molar-refractivity contribution in [2.45, 2.75) is 6.92 Å². The third kappa shape index (κ3) is 11.8. The Morgan fingerprint density at radius 1 is 0.882 bits per heavy atom. The number of hydrogen-bond donors (Lipinski definition) is 4. The Bertz CT molecular complexity index is 1100. The average Bonchev–Trinajstić information content (AvgIpc) is 3.44. The Balaban J connectivity index is 0.000000259. The van der Waals surface area contributed by atoms with Crippen molar-refractivity contribution in [2.24, 2.45) is 19.1 Å². The van der Waals surface area contributed by atoms with Crippen molar-refractivity contribution in [1.29, 1.82) is 0 Å². The Morgan fingerprint density at radius 2 is 1.32 bits per heavy atom. The lowest BCUT2D eigenvalue weighted by atomic mass is 10.3. The molecule has 0 aliphatic rings. The lowest BCUT2D eigenvalue weighted by molar-refractivity contribution is 0.112. The first-order valence-electron chi connectivity index (χ1n) is 10.2. The van der Waals surface area contributed by atoms with E-state index in [0.29, 0.717) is 11.3 Å². The van der Waals surface area contributed by atoms with Gasteiger partial charge in [-0.05, 0) is 55.5 Å². The second kappa shape index (κ2) is 15.4. The van der Waals surface area contributed by atoms with Gasteiger partial charge in [-0.25, -0.2) is 0 Å². The van der Waals surface area contributed by atoms with Crippen molar-refractivity contribution in [1.82, 2.24) is 19.6 Å². The number of phenols is 2. The summed E-state index contributed by atoms with van der Waals surface area (Å²) < 4.78 is 3.31. The maximum Gasteiger partial charge on any atom is 0.153 e. The number of aryl methyl sites for hydroxylation is 2. The van der Waals surface area contributed by atoms with E-state index >= 15 is 0 Å². The zero-order valence-corrected chi connectivity index (χ0v) is 19.4. The molecule has 2 heterocycles. The molecule has 4 aromatic rings. The van der Waals surface area contributed by atoms with Crippen LogP contribution in [0.3, 0.4) is 0 Å². The van der Waals surface area contributed by atoms with Gasteiger partial charge >= 0.3 is 0 Å². The summed E-state index contributed by atoms with van der Waals surface area (Å²) >= 11 is 0. The van der Waals surface area contributed by atoms with E-state index in [1.165, 1.54) is 6.20 Å². The molecule has 0 spiro atoms. The van der Waals surface area contributed by atoms with Crippen LogP contribution in [0.1, 0.15) is 22.8 Å². The van der Waals surface area contributed by atoms with E-state index in [9.17, 15) is 4.79 Å². The number of nitrogens with zero attached hydrogens (tertiary/aromatic N) is 5. The first kappa shape index (κ1) is 27.6. The predicted molar refractivity (Wildman–Crippen MR) is 132 cm³/mol. The Kier molecular flexibility index (Phi) is 12.5. The number of nitrogen functional groups attached to an aromatic ring is 1. The van der Waals surface area contributed by atoms with E-state index in [2.05, 4.69) is 15.2 Å². The highest BCUT2D eigenvalue weighted by atomic mass is 16.3. The maximum atomic E-state index is 9.97. The third-order valence-corrected chi connectivity index (χ3v) is 3.69. The summed E-state index contributed by atoms with van der Waals surface area (Å²) in [4.78, 5) is 14.2. The number of aldehydes is 1. The standard InChI is InChI=1S/C11H11N3O.C6H7NO.C5H6N2O.C2H6O/c1-14-8-9(7-13-14)6-12-10-2-4-11(15)5-3-10;7-5-1-3-6(8)4-2-5;1-7-3-5(4-8)2-6-7;1-2-3/h2-8,15H,1H3;1-4,8H,7H2;2-4H,1H3;3H,2H2,1H3. The molecular formula is C24H30N6O4. The van der Waals surface area contributed by atoms with Gasteiger partial charge in [0.1, 0.15) is 11.5 Å². The summed E-state index contributed by atoms with van der Waals surface area (Å²) in [5.74, 6) is 0.495. The molecule has 0 amide bonds. The molecule has 4 rings (SSSR count). The molecule has 0 radical (unpaired) electrons. The summed E-state index contributed by atoms with van der Waals surface area (Å²) in [6.07, 6.45) is 9.31. The normalized spacial score (nSPS) is 9.65. The zero-order chi connectivity index (χ0) is 25.3. The van der Waals surface area contributed by atoms with Gasteiger partial charge in [0.15, 0.2) is 6.29 Å². The molecule has 2 aromatic heterocycles. The molecule has 10 heteroatoms. The Hall–Kier alpha value is -4.44.